The average molecular weight is 534 g/mol. The van der Waals surface area contributed by atoms with Crippen molar-refractivity contribution < 1.29 is 4.74 Å². The summed E-state index contributed by atoms with van der Waals surface area (Å²) in [6, 6.07) is 21.9. The van der Waals surface area contributed by atoms with Gasteiger partial charge >= 0.3 is 0 Å². The third kappa shape index (κ3) is 6.13. The quantitative estimate of drug-likeness (QED) is 0.332. The van der Waals surface area contributed by atoms with E-state index in [2.05, 4.69) is 83.1 Å². The topological polar surface area (TPSA) is 48.9 Å². The lowest BCUT2D eigenvalue weighted by Gasteiger charge is -2.36. The van der Waals surface area contributed by atoms with Crippen LogP contribution in [0.5, 0.6) is 0 Å². The van der Waals surface area contributed by atoms with Crippen LogP contribution in [-0.4, -0.2) is 51.4 Å². The van der Waals surface area contributed by atoms with Crippen molar-refractivity contribution in [1.82, 2.24) is 10.6 Å². The van der Waals surface area contributed by atoms with Gasteiger partial charge in [0.15, 0.2) is 5.96 Å². The van der Waals surface area contributed by atoms with Gasteiger partial charge in [0.05, 0.1) is 6.54 Å². The van der Waals surface area contributed by atoms with Crippen molar-refractivity contribution in [2.24, 2.45) is 4.99 Å². The molecular weight excluding hydrogens is 499 g/mol. The summed E-state index contributed by atoms with van der Waals surface area (Å²) >= 11 is 0. The molecule has 6 heteroatoms. The van der Waals surface area contributed by atoms with Gasteiger partial charge in [-0.3, -0.25) is 4.99 Å². The van der Waals surface area contributed by atoms with Crippen LogP contribution in [0.3, 0.4) is 0 Å². The maximum atomic E-state index is 5.68. The second kappa shape index (κ2) is 11.7. The van der Waals surface area contributed by atoms with Gasteiger partial charge in [-0.1, -0.05) is 48.5 Å². The zero-order chi connectivity index (χ0) is 20.7. The van der Waals surface area contributed by atoms with Gasteiger partial charge in [-0.15, -0.1) is 24.0 Å². The van der Waals surface area contributed by atoms with Crippen molar-refractivity contribution in [3.63, 3.8) is 0 Å². The van der Waals surface area contributed by atoms with E-state index in [9.17, 15) is 0 Å². The summed E-state index contributed by atoms with van der Waals surface area (Å²) in [5.74, 6) is 0.930. The van der Waals surface area contributed by atoms with Crippen molar-refractivity contribution in [1.29, 1.82) is 0 Å². The van der Waals surface area contributed by atoms with Crippen LogP contribution in [0.25, 0.3) is 0 Å². The van der Waals surface area contributed by atoms with Gasteiger partial charge in [-0.25, -0.2) is 0 Å². The fourth-order valence-corrected chi connectivity index (χ4v) is 4.59. The molecule has 0 bridgehead atoms. The van der Waals surface area contributed by atoms with E-state index in [-0.39, 0.29) is 29.4 Å². The molecule has 0 radical (unpaired) electrons. The number of ether oxygens (including phenoxy) is 1. The van der Waals surface area contributed by atoms with Crippen molar-refractivity contribution in [3.05, 3.63) is 66.2 Å². The molecule has 4 rings (SSSR count). The maximum Gasteiger partial charge on any atom is 0.191 e. The van der Waals surface area contributed by atoms with Crippen LogP contribution in [0, 0.1) is 0 Å². The molecule has 5 nitrogen and oxygen atoms in total. The highest BCUT2D eigenvalue weighted by molar-refractivity contribution is 14.0. The Hall–Kier alpha value is -1.80. The number of rotatable bonds is 6. The maximum absolute atomic E-state index is 5.68. The molecule has 1 atom stereocenters. The first-order valence-electron chi connectivity index (χ1n) is 11.3. The molecule has 0 aliphatic carbocycles. The zero-order valence-corrected chi connectivity index (χ0v) is 20.8. The number of nitrogens with one attached hydrogen (secondary N) is 2. The van der Waals surface area contributed by atoms with Crippen LogP contribution in [0.15, 0.2) is 65.7 Å². The molecule has 2 N–H and O–H groups in total. The van der Waals surface area contributed by atoms with Gasteiger partial charge in [-0.2, -0.15) is 0 Å². The smallest absolute Gasteiger partial charge is 0.191 e. The van der Waals surface area contributed by atoms with Gasteiger partial charge in [0.25, 0.3) is 0 Å². The SMILES string of the molecule is CCNC(=NCC1(c2ccccc2)CCOCC1)NC1CCN(c2ccccc2)C1.I. The number of aliphatic imine (C=N–C) groups is 1. The molecule has 0 spiro atoms. The molecule has 168 valence electrons. The van der Waals surface area contributed by atoms with E-state index >= 15 is 0 Å². The van der Waals surface area contributed by atoms with E-state index in [0.717, 1.165) is 64.6 Å². The van der Waals surface area contributed by atoms with E-state index in [1.807, 2.05) is 0 Å². The Balaban J connectivity index is 0.00000272. The van der Waals surface area contributed by atoms with Crippen LogP contribution >= 0.6 is 24.0 Å². The highest BCUT2D eigenvalue weighted by Crippen LogP contribution is 2.35. The Kier molecular flexibility index (Phi) is 9.02. The molecule has 2 saturated heterocycles. The molecule has 0 amide bonds. The van der Waals surface area contributed by atoms with E-state index in [0.29, 0.717) is 6.04 Å². The summed E-state index contributed by atoms with van der Waals surface area (Å²) in [5, 5.41) is 7.15. The largest absolute Gasteiger partial charge is 0.381 e. The Labute approximate surface area is 203 Å². The fraction of sp³-hybridized carbons (Fsp3) is 0.480. The van der Waals surface area contributed by atoms with Gasteiger partial charge in [-0.05, 0) is 43.9 Å². The number of halogens is 1. The number of para-hydroxylation sites is 1. The summed E-state index contributed by atoms with van der Waals surface area (Å²) in [4.78, 5) is 7.52. The van der Waals surface area contributed by atoms with Gasteiger partial charge < -0.3 is 20.3 Å². The number of benzene rings is 2. The second-order valence-corrected chi connectivity index (χ2v) is 8.37. The highest BCUT2D eigenvalue weighted by Gasteiger charge is 2.34. The van der Waals surface area contributed by atoms with Crippen molar-refractivity contribution >= 4 is 35.6 Å². The van der Waals surface area contributed by atoms with Gasteiger partial charge in [0, 0.05) is 50.0 Å². The number of hydrogen-bond donors (Lipinski definition) is 2. The molecule has 2 aliphatic rings. The lowest BCUT2D eigenvalue weighted by atomic mass is 9.74. The van der Waals surface area contributed by atoms with E-state index in [1.54, 1.807) is 0 Å². The first-order chi connectivity index (χ1) is 14.8. The minimum atomic E-state index is 0. The van der Waals surface area contributed by atoms with Crippen LogP contribution in [-0.2, 0) is 10.2 Å². The summed E-state index contributed by atoms with van der Waals surface area (Å²) in [6.45, 7) is 7.47. The van der Waals surface area contributed by atoms with Crippen LogP contribution in [0.2, 0.25) is 0 Å². The van der Waals surface area contributed by atoms with Gasteiger partial charge in [0.1, 0.15) is 0 Å². The number of guanidine groups is 1. The van der Waals surface area contributed by atoms with E-state index < -0.39 is 0 Å². The van der Waals surface area contributed by atoms with E-state index in [4.69, 9.17) is 9.73 Å². The zero-order valence-electron chi connectivity index (χ0n) is 18.4. The number of hydrogen-bond acceptors (Lipinski definition) is 3. The monoisotopic (exact) mass is 534 g/mol. The lowest BCUT2D eigenvalue weighted by molar-refractivity contribution is 0.0531. The molecule has 31 heavy (non-hydrogen) atoms. The average Bonchev–Trinajstić information content (AvgIpc) is 3.28. The second-order valence-electron chi connectivity index (χ2n) is 8.37. The summed E-state index contributed by atoms with van der Waals surface area (Å²) in [5.41, 5.74) is 2.74. The first-order valence-corrected chi connectivity index (χ1v) is 11.3. The van der Waals surface area contributed by atoms with Crippen molar-refractivity contribution in [3.8, 4) is 0 Å². The lowest BCUT2D eigenvalue weighted by Crippen LogP contribution is -2.46. The molecule has 1 unspecified atom stereocenters. The van der Waals surface area contributed by atoms with E-state index in [1.165, 1.54) is 11.3 Å². The number of nitrogens with zero attached hydrogens (tertiary/aromatic N) is 2. The Morgan fingerprint density at radius 1 is 1.06 bits per heavy atom. The predicted octanol–water partition coefficient (Wildman–Crippen LogP) is 4.19. The Morgan fingerprint density at radius 2 is 1.74 bits per heavy atom. The van der Waals surface area contributed by atoms with Crippen LogP contribution in [0.4, 0.5) is 5.69 Å². The Bertz CT molecular complexity index is 809. The normalized spacial score (nSPS) is 20.7. The minimum absolute atomic E-state index is 0. The van der Waals surface area contributed by atoms with Crippen molar-refractivity contribution in [2.45, 2.75) is 37.6 Å². The minimum Gasteiger partial charge on any atom is -0.381 e. The summed E-state index contributed by atoms with van der Waals surface area (Å²) in [6.07, 6.45) is 3.16. The standard InChI is InChI=1S/C25H34N4O.HI/c1-2-26-24(28-22-13-16-29(19-22)23-11-7-4-8-12-23)27-20-25(14-17-30-18-15-25)21-9-5-3-6-10-21;/h3-12,22H,2,13-20H2,1H3,(H2,26,27,28);1H. The first kappa shape index (κ1) is 23.9. The molecular formula is C25H35IN4O. The Morgan fingerprint density at radius 3 is 2.42 bits per heavy atom. The third-order valence-electron chi connectivity index (χ3n) is 6.37. The molecule has 2 aromatic rings. The molecule has 2 aliphatic heterocycles. The molecule has 0 aromatic heterocycles. The van der Waals surface area contributed by atoms with Crippen LogP contribution < -0.4 is 15.5 Å². The van der Waals surface area contributed by atoms with Crippen LogP contribution in [0.1, 0.15) is 31.7 Å². The highest BCUT2D eigenvalue weighted by atomic mass is 127. The fourth-order valence-electron chi connectivity index (χ4n) is 4.59. The molecule has 2 aromatic carbocycles. The summed E-state index contributed by atoms with van der Waals surface area (Å²) in [7, 11) is 0. The molecule has 2 heterocycles. The third-order valence-corrected chi connectivity index (χ3v) is 6.37. The summed E-state index contributed by atoms with van der Waals surface area (Å²) < 4.78 is 5.68. The number of anilines is 1. The molecule has 2 fully saturated rings. The van der Waals surface area contributed by atoms with Gasteiger partial charge in [0.2, 0.25) is 0 Å². The predicted molar refractivity (Wildman–Crippen MR) is 140 cm³/mol. The van der Waals surface area contributed by atoms with Crippen molar-refractivity contribution in [2.75, 3.05) is 44.3 Å². The molecule has 0 saturated carbocycles.